The summed E-state index contributed by atoms with van der Waals surface area (Å²) in [6.07, 6.45) is 0.767. The van der Waals surface area contributed by atoms with E-state index in [0.717, 1.165) is 6.29 Å². The first-order valence-corrected chi connectivity index (χ1v) is 4.09. The molecule has 4 nitrogen and oxygen atoms in total. The van der Waals surface area contributed by atoms with Gasteiger partial charge in [-0.15, -0.1) is 0 Å². The maximum Gasteiger partial charge on any atom is 0.240 e. The Bertz CT molecular complexity index is 205. The Kier molecular flexibility index (Phi) is 2.47. The lowest BCUT2D eigenvalue weighted by molar-refractivity contribution is -0.133. The van der Waals surface area contributed by atoms with Crippen LogP contribution in [0.4, 0.5) is 0 Å². The van der Waals surface area contributed by atoms with Gasteiger partial charge >= 0.3 is 0 Å². The third kappa shape index (κ3) is 1.34. The van der Waals surface area contributed by atoms with E-state index >= 15 is 0 Å². The van der Waals surface area contributed by atoms with E-state index in [4.69, 9.17) is 5.73 Å². The van der Waals surface area contributed by atoms with Crippen LogP contribution in [0.1, 0.15) is 13.8 Å². The zero-order chi connectivity index (χ0) is 9.30. The molecule has 0 saturated carbocycles. The highest BCUT2D eigenvalue weighted by molar-refractivity contribution is 5.86. The summed E-state index contributed by atoms with van der Waals surface area (Å²) in [5.41, 5.74) is 5.60. The molecule has 1 aliphatic rings. The quantitative estimate of drug-likeness (QED) is 0.562. The van der Waals surface area contributed by atoms with E-state index < -0.39 is 6.04 Å². The molecule has 1 aliphatic heterocycles. The van der Waals surface area contributed by atoms with Crippen LogP contribution in [-0.4, -0.2) is 35.7 Å². The molecule has 1 amide bonds. The number of carbonyl (C=O) groups excluding carboxylic acids is 2. The lowest BCUT2D eigenvalue weighted by Crippen LogP contribution is -2.40. The van der Waals surface area contributed by atoms with Crippen molar-refractivity contribution in [2.24, 2.45) is 11.7 Å². The Morgan fingerprint density at radius 2 is 2.33 bits per heavy atom. The zero-order valence-corrected chi connectivity index (χ0v) is 7.36. The smallest absolute Gasteiger partial charge is 0.240 e. The Morgan fingerprint density at radius 1 is 1.75 bits per heavy atom. The summed E-state index contributed by atoms with van der Waals surface area (Å²) in [5.74, 6) is 0.0435. The van der Waals surface area contributed by atoms with E-state index in [1.165, 1.54) is 4.90 Å². The monoisotopic (exact) mass is 170 g/mol. The summed E-state index contributed by atoms with van der Waals surface area (Å²) in [7, 11) is 0. The molecule has 4 heteroatoms. The van der Waals surface area contributed by atoms with Gasteiger partial charge in [0, 0.05) is 6.54 Å². The molecule has 1 unspecified atom stereocenters. The second kappa shape index (κ2) is 3.23. The minimum absolute atomic E-state index is 0.109. The van der Waals surface area contributed by atoms with Crippen molar-refractivity contribution in [1.29, 1.82) is 0 Å². The van der Waals surface area contributed by atoms with Gasteiger partial charge in [0.25, 0.3) is 0 Å². The molecule has 0 aromatic rings. The molecule has 1 rings (SSSR count). The number of rotatable bonds is 2. The van der Waals surface area contributed by atoms with E-state index in [0.29, 0.717) is 6.54 Å². The predicted octanol–water partition coefficient (Wildman–Crippen LogP) is -0.621. The molecular weight excluding hydrogens is 156 g/mol. The van der Waals surface area contributed by atoms with Crippen LogP contribution >= 0.6 is 0 Å². The summed E-state index contributed by atoms with van der Waals surface area (Å²) >= 11 is 0. The lowest BCUT2D eigenvalue weighted by atomic mass is 10.1. The van der Waals surface area contributed by atoms with Crippen LogP contribution < -0.4 is 5.73 Å². The van der Waals surface area contributed by atoms with Crippen molar-refractivity contribution in [2.75, 3.05) is 6.54 Å². The van der Waals surface area contributed by atoms with Crippen LogP contribution in [0.5, 0.6) is 0 Å². The van der Waals surface area contributed by atoms with Crippen LogP contribution in [0.15, 0.2) is 0 Å². The van der Waals surface area contributed by atoms with E-state index in [1.54, 1.807) is 6.92 Å². The number of nitrogens with zero attached hydrogens (tertiary/aromatic N) is 1. The second-order valence-corrected chi connectivity index (χ2v) is 3.37. The molecule has 0 aliphatic carbocycles. The number of likely N-dealkylation sites (tertiary alicyclic amines) is 1. The van der Waals surface area contributed by atoms with Gasteiger partial charge in [-0.05, 0) is 12.8 Å². The predicted molar refractivity (Wildman–Crippen MR) is 44.4 cm³/mol. The molecular formula is C8H14N2O2. The van der Waals surface area contributed by atoms with Gasteiger partial charge in [-0.25, -0.2) is 0 Å². The third-order valence-electron chi connectivity index (χ3n) is 2.35. The normalized spacial score (nSPS) is 32.2. The summed E-state index contributed by atoms with van der Waals surface area (Å²) in [5, 5.41) is 0. The van der Waals surface area contributed by atoms with E-state index in [-0.39, 0.29) is 17.9 Å². The molecule has 1 saturated heterocycles. The fourth-order valence-corrected chi connectivity index (χ4v) is 1.39. The summed E-state index contributed by atoms with van der Waals surface area (Å²) in [6.45, 7) is 4.22. The summed E-state index contributed by atoms with van der Waals surface area (Å²) in [6, 6.07) is -0.763. The molecule has 0 aromatic heterocycles. The molecule has 0 bridgehead atoms. The van der Waals surface area contributed by atoms with E-state index in [2.05, 4.69) is 0 Å². The topological polar surface area (TPSA) is 63.4 Å². The fourth-order valence-electron chi connectivity index (χ4n) is 1.39. The summed E-state index contributed by atoms with van der Waals surface area (Å²) < 4.78 is 0. The maximum atomic E-state index is 11.4. The van der Waals surface area contributed by atoms with Gasteiger partial charge in [0.15, 0.2) is 0 Å². The fraction of sp³-hybridized carbons (Fsp3) is 0.750. The van der Waals surface area contributed by atoms with Gasteiger partial charge in [-0.1, -0.05) is 6.92 Å². The van der Waals surface area contributed by atoms with Gasteiger partial charge in [-0.3, -0.25) is 4.79 Å². The highest BCUT2D eigenvalue weighted by Crippen LogP contribution is 2.17. The SMILES string of the molecule is CC(C=O)N1C[C@H](C)[C@H](N)C1=O. The first-order chi connectivity index (χ1) is 5.57. The van der Waals surface area contributed by atoms with Gasteiger partial charge in [0.05, 0.1) is 12.1 Å². The second-order valence-electron chi connectivity index (χ2n) is 3.37. The molecule has 1 fully saturated rings. The van der Waals surface area contributed by atoms with Crippen molar-refractivity contribution in [3.63, 3.8) is 0 Å². The van der Waals surface area contributed by atoms with E-state index in [9.17, 15) is 9.59 Å². The van der Waals surface area contributed by atoms with Gasteiger partial charge < -0.3 is 15.4 Å². The number of amides is 1. The van der Waals surface area contributed by atoms with Crippen molar-refractivity contribution < 1.29 is 9.59 Å². The van der Waals surface area contributed by atoms with Crippen LogP contribution in [0.2, 0.25) is 0 Å². The number of carbonyl (C=O) groups is 2. The van der Waals surface area contributed by atoms with Gasteiger partial charge in [-0.2, -0.15) is 0 Å². The molecule has 1 heterocycles. The van der Waals surface area contributed by atoms with Crippen LogP contribution in [0, 0.1) is 5.92 Å². The van der Waals surface area contributed by atoms with Crippen molar-refractivity contribution in [2.45, 2.75) is 25.9 Å². The molecule has 0 spiro atoms. The molecule has 0 radical (unpaired) electrons. The van der Waals surface area contributed by atoms with Crippen molar-refractivity contribution in [1.82, 2.24) is 4.90 Å². The van der Waals surface area contributed by atoms with Crippen molar-refractivity contribution >= 4 is 12.2 Å². The zero-order valence-electron chi connectivity index (χ0n) is 7.36. The van der Waals surface area contributed by atoms with Crippen LogP contribution in [0.25, 0.3) is 0 Å². The molecule has 3 atom stereocenters. The van der Waals surface area contributed by atoms with Crippen molar-refractivity contribution in [3.8, 4) is 0 Å². The first kappa shape index (κ1) is 9.19. The van der Waals surface area contributed by atoms with Crippen LogP contribution in [0.3, 0.4) is 0 Å². The minimum Gasteiger partial charge on any atom is -0.332 e. The minimum atomic E-state index is -0.424. The Labute approximate surface area is 71.7 Å². The Morgan fingerprint density at radius 3 is 2.67 bits per heavy atom. The number of nitrogens with two attached hydrogens (primary N) is 1. The lowest BCUT2D eigenvalue weighted by Gasteiger charge is -2.19. The third-order valence-corrected chi connectivity index (χ3v) is 2.35. The largest absolute Gasteiger partial charge is 0.332 e. The average molecular weight is 170 g/mol. The highest BCUT2D eigenvalue weighted by Gasteiger charge is 2.36. The Balaban J connectivity index is 2.70. The number of hydrogen-bond donors (Lipinski definition) is 1. The molecule has 2 N–H and O–H groups in total. The maximum absolute atomic E-state index is 11.4. The van der Waals surface area contributed by atoms with Gasteiger partial charge in [0.1, 0.15) is 6.29 Å². The van der Waals surface area contributed by atoms with Crippen LogP contribution in [-0.2, 0) is 9.59 Å². The number of hydrogen-bond acceptors (Lipinski definition) is 3. The van der Waals surface area contributed by atoms with Gasteiger partial charge in [0.2, 0.25) is 5.91 Å². The molecule has 0 aromatic carbocycles. The molecule has 68 valence electrons. The highest BCUT2D eigenvalue weighted by atomic mass is 16.2. The first-order valence-electron chi connectivity index (χ1n) is 4.09. The average Bonchev–Trinajstić information content (AvgIpc) is 2.32. The molecule has 12 heavy (non-hydrogen) atoms. The summed E-state index contributed by atoms with van der Waals surface area (Å²) in [4.78, 5) is 23.3. The number of aldehydes is 1. The van der Waals surface area contributed by atoms with E-state index in [1.807, 2.05) is 6.92 Å². The Hall–Kier alpha value is -0.900. The standard InChI is InChI=1S/C8H14N2O2/c1-5-3-10(6(2)4-11)8(12)7(5)9/h4-7H,3,9H2,1-2H3/t5-,6?,7-/m0/s1. The van der Waals surface area contributed by atoms with Crippen molar-refractivity contribution in [3.05, 3.63) is 0 Å².